The van der Waals surface area contributed by atoms with E-state index in [9.17, 15) is 28.8 Å². The molecule has 0 bridgehead atoms. The van der Waals surface area contributed by atoms with E-state index in [0.717, 1.165) is 0 Å². The number of imide groups is 4. The number of piperidine rings is 1. The number of ether oxygens (including phenoxy) is 4. The number of carbonyl (C=O) groups is 6. The Hall–Kier alpha value is -3.96. The highest BCUT2D eigenvalue weighted by molar-refractivity contribution is 6.25. The average Bonchev–Trinajstić information content (AvgIpc) is 3.00. The molecule has 0 radical (unpaired) electrons. The first-order chi connectivity index (χ1) is 17.0. The lowest BCUT2D eigenvalue weighted by Gasteiger charge is -2.34. The van der Waals surface area contributed by atoms with Crippen molar-refractivity contribution in [2.24, 2.45) is 0 Å². The highest BCUT2D eigenvalue weighted by Gasteiger charge is 2.50. The Kier molecular flexibility index (Phi) is 7.34. The van der Waals surface area contributed by atoms with Gasteiger partial charge in [0.2, 0.25) is 5.91 Å². The SMILES string of the molecule is COc1cc(OCC(=O)OC(C)(C)C)c2c(c1)C(=O)N(C1CCC(=O)N(C(=O)OC(C)(C)C)C1=O)C2=O. The van der Waals surface area contributed by atoms with Crippen LogP contribution in [0, 0.1) is 0 Å². The van der Waals surface area contributed by atoms with Gasteiger partial charge in [0.05, 0.1) is 18.2 Å². The van der Waals surface area contributed by atoms with Gasteiger partial charge in [-0.25, -0.2) is 9.59 Å². The van der Waals surface area contributed by atoms with Crippen LogP contribution in [0.2, 0.25) is 0 Å². The molecule has 2 aliphatic heterocycles. The number of amides is 5. The molecule has 0 aliphatic carbocycles. The molecule has 1 aromatic rings. The predicted molar refractivity (Wildman–Crippen MR) is 126 cm³/mol. The fraction of sp³-hybridized carbons (Fsp3) is 0.520. The lowest BCUT2D eigenvalue weighted by atomic mass is 10.0. The summed E-state index contributed by atoms with van der Waals surface area (Å²) in [6.07, 6.45) is -1.63. The van der Waals surface area contributed by atoms with Crippen molar-refractivity contribution in [3.8, 4) is 11.5 Å². The van der Waals surface area contributed by atoms with Gasteiger partial charge >= 0.3 is 12.1 Å². The van der Waals surface area contributed by atoms with Gasteiger partial charge in [-0.1, -0.05) is 0 Å². The third-order valence-corrected chi connectivity index (χ3v) is 5.23. The second kappa shape index (κ2) is 9.83. The number of hydrogen-bond donors (Lipinski definition) is 0. The van der Waals surface area contributed by atoms with Crippen LogP contribution in [0.5, 0.6) is 11.5 Å². The number of benzene rings is 1. The lowest BCUT2D eigenvalue weighted by molar-refractivity contribution is -0.157. The monoisotopic (exact) mass is 518 g/mol. The number of methoxy groups -OCH3 is 1. The minimum atomic E-state index is -1.43. The predicted octanol–water partition coefficient (Wildman–Crippen LogP) is 2.46. The van der Waals surface area contributed by atoms with Crippen molar-refractivity contribution < 1.29 is 47.7 Å². The van der Waals surface area contributed by atoms with Crippen LogP contribution >= 0.6 is 0 Å². The first-order valence-corrected chi connectivity index (χ1v) is 11.6. The van der Waals surface area contributed by atoms with Crippen LogP contribution in [0.4, 0.5) is 4.79 Å². The summed E-state index contributed by atoms with van der Waals surface area (Å²) >= 11 is 0. The second-order valence-electron chi connectivity index (χ2n) is 10.5. The summed E-state index contributed by atoms with van der Waals surface area (Å²) in [5.74, 6) is -4.22. The van der Waals surface area contributed by atoms with Crippen molar-refractivity contribution in [1.29, 1.82) is 0 Å². The zero-order valence-corrected chi connectivity index (χ0v) is 21.8. The van der Waals surface area contributed by atoms with E-state index in [2.05, 4.69) is 0 Å². The number of hydrogen-bond acceptors (Lipinski definition) is 10. The van der Waals surface area contributed by atoms with Gasteiger partial charge in [-0.05, 0) is 54.0 Å². The Labute approximate surface area is 213 Å². The van der Waals surface area contributed by atoms with Gasteiger partial charge in [-0.2, -0.15) is 4.90 Å². The van der Waals surface area contributed by atoms with E-state index in [4.69, 9.17) is 18.9 Å². The molecular formula is C25H30N2O10. The Balaban J connectivity index is 1.92. The molecule has 37 heavy (non-hydrogen) atoms. The minimum absolute atomic E-state index is 0.114. The van der Waals surface area contributed by atoms with Crippen LogP contribution in [0.25, 0.3) is 0 Å². The number of nitrogens with zero attached hydrogens (tertiary/aromatic N) is 2. The smallest absolute Gasteiger partial charge is 0.424 e. The summed E-state index contributed by atoms with van der Waals surface area (Å²) in [6, 6.07) is 1.21. The first-order valence-electron chi connectivity index (χ1n) is 11.6. The zero-order valence-electron chi connectivity index (χ0n) is 21.8. The van der Waals surface area contributed by atoms with E-state index in [1.165, 1.54) is 19.2 Å². The van der Waals surface area contributed by atoms with Gasteiger partial charge < -0.3 is 18.9 Å². The lowest BCUT2D eigenvalue weighted by Crippen LogP contribution is -2.58. The molecule has 1 fully saturated rings. The number of carbonyl (C=O) groups excluding carboxylic acids is 6. The van der Waals surface area contributed by atoms with Gasteiger partial charge in [0.15, 0.2) is 6.61 Å². The first kappa shape index (κ1) is 27.6. The number of likely N-dealkylation sites (tertiary alicyclic amines) is 1. The third-order valence-electron chi connectivity index (χ3n) is 5.23. The number of rotatable bonds is 5. The molecule has 3 rings (SSSR count). The molecule has 1 unspecified atom stereocenters. The maximum absolute atomic E-state index is 13.4. The van der Waals surface area contributed by atoms with Crippen LogP contribution in [-0.2, 0) is 23.9 Å². The molecule has 1 aromatic carbocycles. The van der Waals surface area contributed by atoms with Crippen molar-refractivity contribution >= 4 is 35.7 Å². The van der Waals surface area contributed by atoms with Crippen molar-refractivity contribution in [3.05, 3.63) is 23.3 Å². The van der Waals surface area contributed by atoms with Gasteiger partial charge in [0.25, 0.3) is 17.7 Å². The molecular weight excluding hydrogens is 488 g/mol. The summed E-state index contributed by atoms with van der Waals surface area (Å²) in [6.45, 7) is 9.19. The van der Waals surface area contributed by atoms with E-state index in [1.807, 2.05) is 0 Å². The molecule has 1 atom stereocenters. The maximum Gasteiger partial charge on any atom is 0.424 e. The molecule has 0 aromatic heterocycles. The quantitative estimate of drug-likeness (QED) is 0.421. The fourth-order valence-corrected chi connectivity index (χ4v) is 3.85. The molecule has 2 heterocycles. The highest BCUT2D eigenvalue weighted by atomic mass is 16.6. The van der Waals surface area contributed by atoms with Gasteiger partial charge in [-0.3, -0.25) is 24.1 Å². The van der Waals surface area contributed by atoms with Crippen LogP contribution in [-0.4, -0.2) is 76.5 Å². The highest BCUT2D eigenvalue weighted by Crippen LogP contribution is 2.38. The Morgan fingerprint density at radius 3 is 2.14 bits per heavy atom. The van der Waals surface area contributed by atoms with Gasteiger partial charge in [-0.15, -0.1) is 0 Å². The molecule has 5 amide bonds. The zero-order chi connectivity index (χ0) is 27.9. The van der Waals surface area contributed by atoms with E-state index < -0.39 is 59.5 Å². The van der Waals surface area contributed by atoms with Crippen LogP contribution in [0.3, 0.4) is 0 Å². The normalized spacial score (nSPS) is 18.1. The van der Waals surface area contributed by atoms with Crippen molar-refractivity contribution in [1.82, 2.24) is 9.80 Å². The molecule has 12 nitrogen and oxygen atoms in total. The van der Waals surface area contributed by atoms with Gasteiger partial charge in [0.1, 0.15) is 28.7 Å². The summed E-state index contributed by atoms with van der Waals surface area (Å²) in [7, 11) is 1.34. The second-order valence-corrected chi connectivity index (χ2v) is 10.5. The summed E-state index contributed by atoms with van der Waals surface area (Å²) in [5.41, 5.74) is -2.05. The molecule has 0 saturated carbocycles. The Morgan fingerprint density at radius 1 is 0.946 bits per heavy atom. The molecule has 1 saturated heterocycles. The summed E-state index contributed by atoms with van der Waals surface area (Å²) in [4.78, 5) is 78.0. The number of esters is 1. The fourth-order valence-electron chi connectivity index (χ4n) is 3.85. The standard InChI is InChI=1S/C25H30N2O10/c1-24(2,3)36-18(29)12-35-16-11-13(34-7)10-14-19(16)22(32)26(20(14)30)15-8-9-17(28)27(21(15)31)23(33)37-25(4,5)6/h10-11,15H,8-9,12H2,1-7H3. The summed E-state index contributed by atoms with van der Waals surface area (Å²) < 4.78 is 21.1. The van der Waals surface area contributed by atoms with Crippen molar-refractivity contribution in [3.63, 3.8) is 0 Å². The van der Waals surface area contributed by atoms with E-state index in [1.54, 1.807) is 41.5 Å². The Morgan fingerprint density at radius 2 is 1.57 bits per heavy atom. The van der Waals surface area contributed by atoms with Crippen molar-refractivity contribution in [2.45, 2.75) is 71.6 Å². The van der Waals surface area contributed by atoms with Crippen LogP contribution in [0.1, 0.15) is 75.1 Å². The molecule has 12 heteroatoms. The van der Waals surface area contributed by atoms with Gasteiger partial charge in [0, 0.05) is 12.5 Å². The minimum Gasteiger partial charge on any atom is -0.497 e. The van der Waals surface area contributed by atoms with E-state index in [0.29, 0.717) is 9.80 Å². The number of fused-ring (bicyclic) bond motifs is 1. The summed E-state index contributed by atoms with van der Waals surface area (Å²) in [5, 5.41) is 0. The van der Waals surface area contributed by atoms with E-state index in [-0.39, 0.29) is 35.5 Å². The van der Waals surface area contributed by atoms with Crippen LogP contribution in [0.15, 0.2) is 12.1 Å². The molecule has 0 spiro atoms. The largest absolute Gasteiger partial charge is 0.497 e. The van der Waals surface area contributed by atoms with Crippen molar-refractivity contribution in [2.75, 3.05) is 13.7 Å². The average molecular weight is 519 g/mol. The molecule has 2 aliphatic rings. The van der Waals surface area contributed by atoms with E-state index >= 15 is 0 Å². The topological polar surface area (TPSA) is 146 Å². The van der Waals surface area contributed by atoms with Crippen LogP contribution < -0.4 is 9.47 Å². The Bertz CT molecular complexity index is 1180. The molecule has 0 N–H and O–H groups in total. The molecule has 200 valence electrons. The maximum atomic E-state index is 13.4. The third kappa shape index (κ3) is 5.89.